The van der Waals surface area contributed by atoms with Crippen LogP contribution in [-0.4, -0.2) is 19.9 Å². The van der Waals surface area contributed by atoms with Crippen molar-refractivity contribution in [3.05, 3.63) is 73.1 Å². The molecule has 0 spiro atoms. The molecule has 8 nitrogen and oxygen atoms in total. The Morgan fingerprint density at radius 1 is 0.571 bits per heavy atom. The second-order valence-electron chi connectivity index (χ2n) is 5.72. The van der Waals surface area contributed by atoms with Crippen LogP contribution in [-0.2, 0) is 0 Å². The van der Waals surface area contributed by atoms with Gasteiger partial charge >= 0.3 is 0 Å². The fourth-order valence-corrected chi connectivity index (χ4v) is 2.48. The van der Waals surface area contributed by atoms with Crippen molar-refractivity contribution in [3.8, 4) is 34.4 Å². The maximum atomic E-state index is 5.91. The third-order valence-electron chi connectivity index (χ3n) is 3.75. The molecule has 0 fully saturated rings. The minimum absolute atomic E-state index is 0.0802. The van der Waals surface area contributed by atoms with Crippen LogP contribution in [0, 0.1) is 0 Å². The highest BCUT2D eigenvalue weighted by Gasteiger charge is 2.18. The van der Waals surface area contributed by atoms with E-state index in [0.717, 1.165) is 0 Å². The predicted molar refractivity (Wildman–Crippen MR) is 105 cm³/mol. The molecule has 28 heavy (non-hydrogen) atoms. The summed E-state index contributed by atoms with van der Waals surface area (Å²) in [5.74, 6) is 1.87. The van der Waals surface area contributed by atoms with Gasteiger partial charge in [0, 0.05) is 12.4 Å². The fraction of sp³-hybridized carbons (Fsp3) is 0. The summed E-state index contributed by atoms with van der Waals surface area (Å²) in [7, 11) is 0. The summed E-state index contributed by atoms with van der Waals surface area (Å²) < 4.78 is 11.8. The zero-order valence-corrected chi connectivity index (χ0v) is 14.7. The Morgan fingerprint density at radius 2 is 0.964 bits per heavy atom. The average Bonchev–Trinajstić information content (AvgIpc) is 2.71. The minimum atomic E-state index is 0.0802. The smallest absolute Gasteiger partial charge is 0.232 e. The molecule has 0 amide bonds. The Morgan fingerprint density at radius 3 is 1.36 bits per heavy atom. The van der Waals surface area contributed by atoms with Crippen LogP contribution in [0.5, 0.6) is 23.3 Å². The number of rotatable bonds is 5. The first-order chi connectivity index (χ1) is 13.7. The van der Waals surface area contributed by atoms with Crippen LogP contribution in [0.1, 0.15) is 0 Å². The predicted octanol–water partition coefficient (Wildman–Crippen LogP) is 3.68. The standard InChI is InChI=1S/C20H16N6O2/c21-19-23-11-15(17(25-19)27-13-7-3-1-4-8-13)16-12-24-20(22)26-18(16)28-14-9-5-2-6-10-14/h1-12H,(H2,21,23,25)(H2,22,24,26). The first-order valence-corrected chi connectivity index (χ1v) is 8.40. The maximum Gasteiger partial charge on any atom is 0.232 e. The Kier molecular flexibility index (Phi) is 4.67. The molecular weight excluding hydrogens is 356 g/mol. The van der Waals surface area contributed by atoms with Gasteiger partial charge in [0.25, 0.3) is 0 Å². The number of aromatic nitrogens is 4. The van der Waals surface area contributed by atoms with Gasteiger partial charge in [-0.3, -0.25) is 0 Å². The topological polar surface area (TPSA) is 122 Å². The van der Waals surface area contributed by atoms with Crippen LogP contribution < -0.4 is 20.9 Å². The summed E-state index contributed by atoms with van der Waals surface area (Å²) in [6.45, 7) is 0. The largest absolute Gasteiger partial charge is 0.438 e. The van der Waals surface area contributed by atoms with Gasteiger partial charge in [0.15, 0.2) is 0 Å². The molecule has 0 aliphatic rings. The van der Waals surface area contributed by atoms with Gasteiger partial charge in [0.1, 0.15) is 11.5 Å². The lowest BCUT2D eigenvalue weighted by Crippen LogP contribution is -2.03. The number of nitrogens with two attached hydrogens (primary N) is 2. The molecule has 0 atom stereocenters. The van der Waals surface area contributed by atoms with Crippen molar-refractivity contribution < 1.29 is 9.47 Å². The van der Waals surface area contributed by atoms with Crippen molar-refractivity contribution in [2.45, 2.75) is 0 Å². The normalized spacial score (nSPS) is 10.4. The molecule has 0 saturated heterocycles. The molecule has 4 N–H and O–H groups in total. The first kappa shape index (κ1) is 17.2. The third-order valence-corrected chi connectivity index (χ3v) is 3.75. The van der Waals surface area contributed by atoms with E-state index >= 15 is 0 Å². The highest BCUT2D eigenvalue weighted by atomic mass is 16.5. The highest BCUT2D eigenvalue weighted by Crippen LogP contribution is 2.37. The van der Waals surface area contributed by atoms with Gasteiger partial charge in [0.2, 0.25) is 23.7 Å². The van der Waals surface area contributed by atoms with E-state index in [2.05, 4.69) is 19.9 Å². The van der Waals surface area contributed by atoms with E-state index in [-0.39, 0.29) is 23.7 Å². The Labute approximate surface area is 160 Å². The van der Waals surface area contributed by atoms with E-state index in [1.54, 1.807) is 0 Å². The number of hydrogen-bond acceptors (Lipinski definition) is 8. The fourth-order valence-electron chi connectivity index (χ4n) is 2.48. The monoisotopic (exact) mass is 372 g/mol. The van der Waals surface area contributed by atoms with E-state index < -0.39 is 0 Å². The molecule has 0 radical (unpaired) electrons. The highest BCUT2D eigenvalue weighted by molar-refractivity contribution is 5.73. The lowest BCUT2D eigenvalue weighted by Gasteiger charge is -2.13. The molecule has 0 aliphatic heterocycles. The molecule has 4 rings (SSSR count). The molecule has 2 aromatic heterocycles. The van der Waals surface area contributed by atoms with Crippen molar-refractivity contribution in [3.63, 3.8) is 0 Å². The second-order valence-corrected chi connectivity index (χ2v) is 5.72. The summed E-state index contributed by atoms with van der Waals surface area (Å²) in [5, 5.41) is 0. The second kappa shape index (κ2) is 7.58. The number of anilines is 2. The maximum absolute atomic E-state index is 5.91. The summed E-state index contributed by atoms with van der Waals surface area (Å²) >= 11 is 0. The summed E-state index contributed by atoms with van der Waals surface area (Å²) in [6.07, 6.45) is 3.07. The molecule has 2 heterocycles. The molecule has 138 valence electrons. The van der Waals surface area contributed by atoms with Crippen LogP contribution in [0.4, 0.5) is 11.9 Å². The average molecular weight is 372 g/mol. The van der Waals surface area contributed by atoms with Crippen LogP contribution in [0.3, 0.4) is 0 Å². The van der Waals surface area contributed by atoms with Gasteiger partial charge in [-0.05, 0) is 24.3 Å². The molecule has 0 unspecified atom stereocenters. The number of para-hydroxylation sites is 2. The molecule has 0 saturated carbocycles. The summed E-state index contributed by atoms with van der Waals surface area (Å²) in [4.78, 5) is 16.6. The van der Waals surface area contributed by atoms with Crippen molar-refractivity contribution in [1.82, 2.24) is 19.9 Å². The molecule has 4 aromatic rings. The van der Waals surface area contributed by atoms with Crippen molar-refractivity contribution in [2.24, 2.45) is 0 Å². The molecule has 0 aliphatic carbocycles. The number of ether oxygens (including phenoxy) is 2. The third kappa shape index (κ3) is 3.80. The SMILES string of the molecule is Nc1ncc(-c2cnc(N)nc2Oc2ccccc2)c(Oc2ccccc2)n1. The molecular formula is C20H16N6O2. The van der Waals surface area contributed by atoms with E-state index in [0.29, 0.717) is 22.6 Å². The van der Waals surface area contributed by atoms with Crippen LogP contribution in [0.2, 0.25) is 0 Å². The Bertz CT molecular complexity index is 1000. The Balaban J connectivity index is 1.79. The number of nitrogen functional groups attached to an aromatic ring is 2. The molecule has 2 aromatic carbocycles. The van der Waals surface area contributed by atoms with E-state index in [9.17, 15) is 0 Å². The van der Waals surface area contributed by atoms with Gasteiger partial charge in [-0.1, -0.05) is 36.4 Å². The summed E-state index contributed by atoms with van der Waals surface area (Å²) in [5.41, 5.74) is 12.6. The van der Waals surface area contributed by atoms with Crippen molar-refractivity contribution in [1.29, 1.82) is 0 Å². The molecule has 0 bridgehead atoms. The lowest BCUT2D eigenvalue weighted by atomic mass is 10.1. The van der Waals surface area contributed by atoms with Gasteiger partial charge in [-0.25, -0.2) is 9.97 Å². The zero-order valence-electron chi connectivity index (χ0n) is 14.7. The summed E-state index contributed by atoms with van der Waals surface area (Å²) in [6, 6.07) is 18.4. The van der Waals surface area contributed by atoms with Crippen LogP contribution in [0.25, 0.3) is 11.1 Å². The molecule has 8 heteroatoms. The first-order valence-electron chi connectivity index (χ1n) is 8.40. The van der Waals surface area contributed by atoms with Crippen LogP contribution >= 0.6 is 0 Å². The van der Waals surface area contributed by atoms with E-state index in [4.69, 9.17) is 20.9 Å². The van der Waals surface area contributed by atoms with Gasteiger partial charge in [-0.15, -0.1) is 0 Å². The van der Waals surface area contributed by atoms with Crippen molar-refractivity contribution >= 4 is 11.9 Å². The van der Waals surface area contributed by atoms with E-state index in [1.807, 2.05) is 60.7 Å². The number of nitrogens with zero attached hydrogens (tertiary/aromatic N) is 4. The van der Waals surface area contributed by atoms with Gasteiger partial charge < -0.3 is 20.9 Å². The van der Waals surface area contributed by atoms with E-state index in [1.165, 1.54) is 12.4 Å². The van der Waals surface area contributed by atoms with Gasteiger partial charge in [0.05, 0.1) is 11.1 Å². The van der Waals surface area contributed by atoms with Crippen molar-refractivity contribution in [2.75, 3.05) is 11.5 Å². The number of hydrogen-bond donors (Lipinski definition) is 2. The lowest BCUT2D eigenvalue weighted by molar-refractivity contribution is 0.456. The Hall–Kier alpha value is -4.20. The number of benzene rings is 2. The van der Waals surface area contributed by atoms with Crippen LogP contribution in [0.15, 0.2) is 73.1 Å². The van der Waals surface area contributed by atoms with Gasteiger partial charge in [-0.2, -0.15) is 9.97 Å². The quantitative estimate of drug-likeness (QED) is 0.544. The zero-order chi connectivity index (χ0) is 19.3. The minimum Gasteiger partial charge on any atom is -0.438 e.